The van der Waals surface area contributed by atoms with Gasteiger partial charge in [0.25, 0.3) is 0 Å². The molecule has 1 aromatic heterocycles. The Labute approximate surface area is 77.4 Å². The highest BCUT2D eigenvalue weighted by molar-refractivity contribution is 6.48. The van der Waals surface area contributed by atoms with Crippen LogP contribution in [0.2, 0.25) is 0 Å². The van der Waals surface area contributed by atoms with Crippen molar-refractivity contribution in [1.82, 2.24) is 4.98 Å². The number of rotatable bonds is 2. The van der Waals surface area contributed by atoms with E-state index in [2.05, 4.69) is 18.1 Å². The maximum absolute atomic E-state index is 5.76. The molecular weight excluding hydrogens is 170 g/mol. The standard InChI is InChI=1S/C10H10ClN/c1-4-10-9(8(3)11)6-5-7(2)12-10/h4-6H,1,3H2,2H3. The van der Waals surface area contributed by atoms with Crippen molar-refractivity contribution < 1.29 is 0 Å². The number of aromatic nitrogens is 1. The van der Waals surface area contributed by atoms with Gasteiger partial charge in [0.1, 0.15) is 0 Å². The molecule has 0 N–H and O–H groups in total. The van der Waals surface area contributed by atoms with E-state index in [9.17, 15) is 0 Å². The summed E-state index contributed by atoms with van der Waals surface area (Å²) in [5.74, 6) is 0. The molecule has 0 fully saturated rings. The number of nitrogens with zero attached hydrogens (tertiary/aromatic N) is 1. The molecule has 0 saturated heterocycles. The van der Waals surface area contributed by atoms with E-state index in [0.29, 0.717) is 5.03 Å². The first-order valence-corrected chi connectivity index (χ1v) is 3.98. The monoisotopic (exact) mass is 179 g/mol. The van der Waals surface area contributed by atoms with Crippen molar-refractivity contribution in [3.63, 3.8) is 0 Å². The molecule has 0 aromatic carbocycles. The molecule has 0 radical (unpaired) electrons. The summed E-state index contributed by atoms with van der Waals surface area (Å²) in [6.45, 7) is 9.22. The van der Waals surface area contributed by atoms with Gasteiger partial charge in [-0.15, -0.1) is 0 Å². The number of hydrogen-bond donors (Lipinski definition) is 0. The number of pyridine rings is 1. The summed E-state index contributed by atoms with van der Waals surface area (Å²) in [6.07, 6.45) is 1.68. The quantitative estimate of drug-likeness (QED) is 0.679. The SMILES string of the molecule is C=Cc1nc(C)ccc1C(=C)Cl. The van der Waals surface area contributed by atoms with Crippen LogP contribution in [-0.4, -0.2) is 4.98 Å². The summed E-state index contributed by atoms with van der Waals surface area (Å²) >= 11 is 5.76. The summed E-state index contributed by atoms with van der Waals surface area (Å²) in [7, 11) is 0. The van der Waals surface area contributed by atoms with Crippen LogP contribution in [0.5, 0.6) is 0 Å². The van der Waals surface area contributed by atoms with Gasteiger partial charge in [-0.3, -0.25) is 4.98 Å². The summed E-state index contributed by atoms with van der Waals surface area (Å²) in [4.78, 5) is 4.25. The fraction of sp³-hybridized carbons (Fsp3) is 0.100. The molecule has 1 nitrogen and oxygen atoms in total. The molecular formula is C10H10ClN. The predicted octanol–water partition coefficient (Wildman–Crippen LogP) is 3.24. The normalized spacial score (nSPS) is 9.50. The molecule has 0 spiro atoms. The highest BCUT2D eigenvalue weighted by atomic mass is 35.5. The average molecular weight is 180 g/mol. The van der Waals surface area contributed by atoms with E-state index in [-0.39, 0.29) is 0 Å². The van der Waals surface area contributed by atoms with Crippen LogP contribution >= 0.6 is 11.6 Å². The number of hydrogen-bond acceptors (Lipinski definition) is 1. The molecule has 1 heterocycles. The smallest absolute Gasteiger partial charge is 0.0714 e. The van der Waals surface area contributed by atoms with Gasteiger partial charge in [-0.2, -0.15) is 0 Å². The van der Waals surface area contributed by atoms with Crippen molar-refractivity contribution in [3.8, 4) is 0 Å². The zero-order valence-electron chi connectivity index (χ0n) is 6.97. The van der Waals surface area contributed by atoms with E-state index >= 15 is 0 Å². The highest BCUT2D eigenvalue weighted by Gasteiger charge is 2.02. The van der Waals surface area contributed by atoms with E-state index in [1.165, 1.54) is 0 Å². The van der Waals surface area contributed by atoms with Crippen LogP contribution in [-0.2, 0) is 0 Å². The molecule has 0 aliphatic rings. The van der Waals surface area contributed by atoms with E-state index in [4.69, 9.17) is 11.6 Å². The first-order chi connectivity index (χ1) is 5.65. The second-order valence-electron chi connectivity index (χ2n) is 2.49. The van der Waals surface area contributed by atoms with Crippen molar-refractivity contribution >= 4 is 22.7 Å². The van der Waals surface area contributed by atoms with Crippen LogP contribution in [0.15, 0.2) is 25.3 Å². The van der Waals surface area contributed by atoms with Crippen molar-refractivity contribution in [2.24, 2.45) is 0 Å². The molecule has 1 rings (SSSR count). The second-order valence-corrected chi connectivity index (χ2v) is 2.95. The summed E-state index contributed by atoms with van der Waals surface area (Å²) in [5, 5.41) is 0.498. The van der Waals surface area contributed by atoms with Gasteiger partial charge < -0.3 is 0 Å². The summed E-state index contributed by atoms with van der Waals surface area (Å²) in [6, 6.07) is 3.80. The van der Waals surface area contributed by atoms with E-state index in [0.717, 1.165) is 17.0 Å². The minimum atomic E-state index is 0.498. The molecule has 0 bridgehead atoms. The molecule has 0 amide bonds. The fourth-order valence-corrected chi connectivity index (χ4v) is 1.12. The zero-order valence-corrected chi connectivity index (χ0v) is 7.73. The third-order valence-electron chi connectivity index (χ3n) is 1.55. The van der Waals surface area contributed by atoms with Gasteiger partial charge in [0.05, 0.1) is 5.69 Å². The largest absolute Gasteiger partial charge is 0.253 e. The maximum atomic E-state index is 5.76. The molecule has 0 unspecified atom stereocenters. The van der Waals surface area contributed by atoms with Crippen LogP contribution in [0, 0.1) is 6.92 Å². The van der Waals surface area contributed by atoms with E-state index in [1.54, 1.807) is 6.08 Å². The maximum Gasteiger partial charge on any atom is 0.0714 e. The van der Waals surface area contributed by atoms with Gasteiger partial charge >= 0.3 is 0 Å². The highest BCUT2D eigenvalue weighted by Crippen LogP contribution is 2.20. The van der Waals surface area contributed by atoms with Gasteiger partial charge in [-0.25, -0.2) is 0 Å². The van der Waals surface area contributed by atoms with Crippen LogP contribution in [0.4, 0.5) is 0 Å². The molecule has 0 saturated carbocycles. The van der Waals surface area contributed by atoms with Crippen LogP contribution in [0.25, 0.3) is 11.1 Å². The molecule has 1 aromatic rings. The number of aryl methyl sites for hydroxylation is 1. The van der Waals surface area contributed by atoms with Crippen LogP contribution < -0.4 is 0 Å². The van der Waals surface area contributed by atoms with Crippen molar-refractivity contribution in [2.45, 2.75) is 6.92 Å². The molecule has 0 aliphatic heterocycles. The Hall–Kier alpha value is -1.08. The Bertz CT molecular complexity index is 329. The summed E-state index contributed by atoms with van der Waals surface area (Å²) in [5.41, 5.74) is 2.58. The van der Waals surface area contributed by atoms with Crippen molar-refractivity contribution in [1.29, 1.82) is 0 Å². The van der Waals surface area contributed by atoms with Gasteiger partial charge in [0.2, 0.25) is 0 Å². The lowest BCUT2D eigenvalue weighted by Crippen LogP contribution is -1.90. The molecule has 62 valence electrons. The minimum Gasteiger partial charge on any atom is -0.253 e. The lowest BCUT2D eigenvalue weighted by atomic mass is 10.1. The Morgan fingerprint density at radius 2 is 2.25 bits per heavy atom. The van der Waals surface area contributed by atoms with Crippen LogP contribution in [0.1, 0.15) is 17.0 Å². The molecule has 12 heavy (non-hydrogen) atoms. The van der Waals surface area contributed by atoms with Crippen molar-refractivity contribution in [3.05, 3.63) is 42.2 Å². The number of halogens is 1. The third kappa shape index (κ3) is 1.74. The Morgan fingerprint density at radius 1 is 1.58 bits per heavy atom. The Balaban J connectivity index is 3.29. The van der Waals surface area contributed by atoms with Gasteiger partial charge in [0.15, 0.2) is 0 Å². The Kier molecular flexibility index (Phi) is 2.66. The average Bonchev–Trinajstić information content (AvgIpc) is 2.03. The van der Waals surface area contributed by atoms with Gasteiger partial charge in [-0.1, -0.05) is 24.8 Å². The third-order valence-corrected chi connectivity index (χ3v) is 1.75. The Morgan fingerprint density at radius 3 is 2.75 bits per heavy atom. The topological polar surface area (TPSA) is 12.9 Å². The molecule has 0 aliphatic carbocycles. The zero-order chi connectivity index (χ0) is 9.14. The van der Waals surface area contributed by atoms with E-state index < -0.39 is 0 Å². The molecule has 2 heteroatoms. The lowest BCUT2D eigenvalue weighted by Gasteiger charge is -2.03. The van der Waals surface area contributed by atoms with Gasteiger partial charge in [0, 0.05) is 16.3 Å². The molecule has 0 atom stereocenters. The summed E-state index contributed by atoms with van der Waals surface area (Å²) < 4.78 is 0. The lowest BCUT2D eigenvalue weighted by molar-refractivity contribution is 1.17. The second kappa shape index (κ2) is 3.55. The van der Waals surface area contributed by atoms with Gasteiger partial charge in [-0.05, 0) is 25.1 Å². The first kappa shape index (κ1) is 9.01. The minimum absolute atomic E-state index is 0.498. The van der Waals surface area contributed by atoms with Crippen molar-refractivity contribution in [2.75, 3.05) is 0 Å². The van der Waals surface area contributed by atoms with Crippen LogP contribution in [0.3, 0.4) is 0 Å². The first-order valence-electron chi connectivity index (χ1n) is 3.60. The fourth-order valence-electron chi connectivity index (χ4n) is 0.962. The van der Waals surface area contributed by atoms with E-state index in [1.807, 2.05) is 19.1 Å². The predicted molar refractivity (Wildman–Crippen MR) is 54.0 cm³/mol.